The van der Waals surface area contributed by atoms with E-state index in [0.717, 1.165) is 11.1 Å². The molecule has 0 fully saturated rings. The minimum atomic E-state index is -0.169. The third-order valence-corrected chi connectivity index (χ3v) is 2.50. The van der Waals surface area contributed by atoms with Gasteiger partial charge >= 0.3 is 0 Å². The molecule has 0 aliphatic rings. The van der Waals surface area contributed by atoms with Crippen LogP contribution in [0.3, 0.4) is 0 Å². The van der Waals surface area contributed by atoms with Crippen molar-refractivity contribution in [3.8, 4) is 11.8 Å². The van der Waals surface area contributed by atoms with Gasteiger partial charge in [-0.3, -0.25) is 4.79 Å². The highest BCUT2D eigenvalue weighted by atomic mass is 16.3. The Bertz CT molecular complexity index is 589. The predicted octanol–water partition coefficient (Wildman–Crippen LogP) is 1.55. The molecule has 19 heavy (non-hydrogen) atoms. The van der Waals surface area contributed by atoms with Crippen LogP contribution < -0.4 is 5.32 Å². The predicted molar refractivity (Wildman–Crippen MR) is 70.3 cm³/mol. The normalized spacial score (nSPS) is 9.53. The van der Waals surface area contributed by atoms with Crippen molar-refractivity contribution in [3.63, 3.8) is 0 Å². The van der Waals surface area contributed by atoms with E-state index in [0.29, 0.717) is 12.1 Å². The van der Waals surface area contributed by atoms with Crippen LogP contribution in [0, 0.1) is 11.8 Å². The van der Waals surface area contributed by atoms with E-state index in [2.05, 4.69) is 17.2 Å². The average molecular weight is 255 g/mol. The number of hydrogen-bond acceptors (Lipinski definition) is 3. The number of nitrogens with one attached hydrogen (secondary N) is 1. The van der Waals surface area contributed by atoms with Gasteiger partial charge < -0.3 is 14.8 Å². The first-order valence-electron chi connectivity index (χ1n) is 5.78. The molecule has 2 rings (SSSR count). The lowest BCUT2D eigenvalue weighted by Gasteiger charge is -2.03. The molecule has 1 aromatic carbocycles. The summed E-state index contributed by atoms with van der Waals surface area (Å²) in [4.78, 5) is 11.7. The second-order valence-electron chi connectivity index (χ2n) is 3.85. The summed E-state index contributed by atoms with van der Waals surface area (Å²) in [6, 6.07) is 9.08. The Labute approximate surface area is 111 Å². The number of hydrogen-bond donors (Lipinski definition) is 2. The first-order chi connectivity index (χ1) is 9.29. The van der Waals surface area contributed by atoms with Crippen LogP contribution in [-0.2, 0) is 6.54 Å². The van der Waals surface area contributed by atoms with E-state index in [4.69, 9.17) is 9.52 Å². The molecule has 96 valence electrons. The summed E-state index contributed by atoms with van der Waals surface area (Å²) in [7, 11) is 0. The SMILES string of the molecule is O=C(NCc1ccc(C#CCO)cc1)c1ccoc1. The summed E-state index contributed by atoms with van der Waals surface area (Å²) < 4.78 is 4.84. The zero-order valence-electron chi connectivity index (χ0n) is 10.2. The minimum Gasteiger partial charge on any atom is -0.472 e. The molecular formula is C15H13NO3. The van der Waals surface area contributed by atoms with Gasteiger partial charge in [0, 0.05) is 12.1 Å². The van der Waals surface area contributed by atoms with Crippen molar-refractivity contribution in [1.82, 2.24) is 5.32 Å². The highest BCUT2D eigenvalue weighted by molar-refractivity contribution is 5.93. The monoisotopic (exact) mass is 255 g/mol. The molecule has 0 radical (unpaired) electrons. The summed E-state index contributed by atoms with van der Waals surface area (Å²) in [5, 5.41) is 11.4. The molecule has 0 bridgehead atoms. The molecule has 0 atom stereocenters. The number of rotatable bonds is 3. The summed E-state index contributed by atoms with van der Waals surface area (Å²) in [5.74, 6) is 5.22. The fraction of sp³-hybridized carbons (Fsp3) is 0.133. The van der Waals surface area contributed by atoms with Gasteiger partial charge in [0.1, 0.15) is 12.9 Å². The number of amides is 1. The van der Waals surface area contributed by atoms with Crippen molar-refractivity contribution in [1.29, 1.82) is 0 Å². The van der Waals surface area contributed by atoms with Gasteiger partial charge in [-0.2, -0.15) is 0 Å². The zero-order chi connectivity index (χ0) is 13.5. The molecule has 4 nitrogen and oxygen atoms in total. The van der Waals surface area contributed by atoms with Crippen LogP contribution in [0.4, 0.5) is 0 Å². The smallest absolute Gasteiger partial charge is 0.254 e. The van der Waals surface area contributed by atoms with Crippen LogP contribution in [0.1, 0.15) is 21.5 Å². The van der Waals surface area contributed by atoms with E-state index in [1.165, 1.54) is 12.5 Å². The average Bonchev–Trinajstić information content (AvgIpc) is 2.98. The molecule has 0 spiro atoms. The van der Waals surface area contributed by atoms with Crippen LogP contribution in [-0.4, -0.2) is 17.6 Å². The minimum absolute atomic E-state index is 0.150. The van der Waals surface area contributed by atoms with Gasteiger partial charge in [0.15, 0.2) is 0 Å². The van der Waals surface area contributed by atoms with E-state index in [9.17, 15) is 4.79 Å². The highest BCUT2D eigenvalue weighted by Crippen LogP contribution is 2.04. The third-order valence-electron chi connectivity index (χ3n) is 2.50. The second-order valence-corrected chi connectivity index (χ2v) is 3.85. The van der Waals surface area contributed by atoms with Gasteiger partial charge in [-0.15, -0.1) is 0 Å². The zero-order valence-corrected chi connectivity index (χ0v) is 10.2. The molecular weight excluding hydrogens is 242 g/mol. The number of aliphatic hydroxyl groups excluding tert-OH is 1. The summed E-state index contributed by atoms with van der Waals surface area (Å²) in [6.07, 6.45) is 2.87. The van der Waals surface area contributed by atoms with E-state index in [-0.39, 0.29) is 12.5 Å². The summed E-state index contributed by atoms with van der Waals surface area (Å²) >= 11 is 0. The Morgan fingerprint density at radius 3 is 2.68 bits per heavy atom. The molecule has 2 aromatic rings. The molecule has 1 heterocycles. The lowest BCUT2D eigenvalue weighted by molar-refractivity contribution is 0.0950. The molecule has 2 N–H and O–H groups in total. The molecule has 4 heteroatoms. The van der Waals surface area contributed by atoms with E-state index in [1.807, 2.05) is 24.3 Å². The Balaban J connectivity index is 1.91. The highest BCUT2D eigenvalue weighted by Gasteiger charge is 2.05. The van der Waals surface area contributed by atoms with Crippen molar-refractivity contribution >= 4 is 5.91 Å². The van der Waals surface area contributed by atoms with Crippen molar-refractivity contribution in [2.75, 3.05) is 6.61 Å². The fourth-order valence-electron chi connectivity index (χ4n) is 1.53. The van der Waals surface area contributed by atoms with Crippen molar-refractivity contribution < 1.29 is 14.3 Å². The van der Waals surface area contributed by atoms with Gasteiger partial charge in [-0.1, -0.05) is 24.0 Å². The maximum Gasteiger partial charge on any atom is 0.254 e. The van der Waals surface area contributed by atoms with Crippen molar-refractivity contribution in [2.24, 2.45) is 0 Å². The number of aliphatic hydroxyl groups is 1. The Morgan fingerprint density at radius 1 is 1.26 bits per heavy atom. The molecule has 0 saturated heterocycles. The van der Waals surface area contributed by atoms with Gasteiger partial charge in [0.05, 0.1) is 11.8 Å². The van der Waals surface area contributed by atoms with E-state index >= 15 is 0 Å². The number of benzene rings is 1. The molecule has 1 aromatic heterocycles. The summed E-state index contributed by atoms with van der Waals surface area (Å²) in [5.41, 5.74) is 2.32. The Morgan fingerprint density at radius 2 is 2.05 bits per heavy atom. The molecule has 0 saturated carbocycles. The molecule has 0 unspecified atom stereocenters. The third kappa shape index (κ3) is 3.73. The molecule has 0 aliphatic carbocycles. The van der Waals surface area contributed by atoms with Gasteiger partial charge in [-0.25, -0.2) is 0 Å². The lowest BCUT2D eigenvalue weighted by atomic mass is 10.1. The number of carbonyl (C=O) groups is 1. The van der Waals surface area contributed by atoms with Crippen molar-refractivity contribution in [3.05, 3.63) is 59.5 Å². The first-order valence-corrected chi connectivity index (χ1v) is 5.78. The van der Waals surface area contributed by atoms with Gasteiger partial charge in [0.25, 0.3) is 5.91 Å². The summed E-state index contributed by atoms with van der Waals surface area (Å²) in [6.45, 7) is 0.292. The van der Waals surface area contributed by atoms with E-state index in [1.54, 1.807) is 6.07 Å². The Kier molecular flexibility index (Phi) is 4.38. The maximum atomic E-state index is 11.7. The van der Waals surface area contributed by atoms with Crippen molar-refractivity contribution in [2.45, 2.75) is 6.54 Å². The quantitative estimate of drug-likeness (QED) is 0.818. The van der Waals surface area contributed by atoms with Crippen LogP contribution in [0.15, 0.2) is 47.3 Å². The van der Waals surface area contributed by atoms with Crippen LogP contribution in [0.5, 0.6) is 0 Å². The maximum absolute atomic E-state index is 11.7. The number of carbonyl (C=O) groups excluding carboxylic acids is 1. The second kappa shape index (κ2) is 6.43. The number of furan rings is 1. The van der Waals surface area contributed by atoms with Gasteiger partial charge in [0.2, 0.25) is 0 Å². The Hall–Kier alpha value is -2.51. The first kappa shape index (κ1) is 12.9. The standard InChI is InChI=1S/C15H13NO3/c17-8-1-2-12-3-5-13(6-4-12)10-16-15(18)14-7-9-19-11-14/h3-7,9,11,17H,8,10H2,(H,16,18). The largest absolute Gasteiger partial charge is 0.472 e. The molecule has 1 amide bonds. The van der Waals surface area contributed by atoms with Crippen LogP contribution in [0.25, 0.3) is 0 Å². The fourth-order valence-corrected chi connectivity index (χ4v) is 1.53. The van der Waals surface area contributed by atoms with Crippen LogP contribution >= 0.6 is 0 Å². The topological polar surface area (TPSA) is 62.5 Å². The van der Waals surface area contributed by atoms with Crippen LogP contribution in [0.2, 0.25) is 0 Å². The molecule has 0 aliphatic heterocycles. The van der Waals surface area contributed by atoms with Gasteiger partial charge in [-0.05, 0) is 23.8 Å². The lowest BCUT2D eigenvalue weighted by Crippen LogP contribution is -2.22. The van der Waals surface area contributed by atoms with E-state index < -0.39 is 0 Å².